The van der Waals surface area contributed by atoms with Crippen molar-refractivity contribution in [1.82, 2.24) is 9.88 Å². The highest BCUT2D eigenvalue weighted by molar-refractivity contribution is 5.82. The summed E-state index contributed by atoms with van der Waals surface area (Å²) in [6, 6.07) is 7.83. The number of nitrogens with zero attached hydrogens (tertiary/aromatic N) is 1. The Hall–Kier alpha value is -2.14. The molecule has 1 fully saturated rings. The van der Waals surface area contributed by atoms with Crippen molar-refractivity contribution >= 4 is 16.8 Å². The number of hydrogen-bond donors (Lipinski definition) is 1. The average molecular weight is 342 g/mol. The number of amides is 1. The Bertz CT molecular complexity index is 819. The maximum Gasteiger partial charge on any atom is 0.253 e. The second-order valence-corrected chi connectivity index (χ2v) is 7.17. The number of nitrogens with one attached hydrogen (secondary N) is 1. The molecular formula is C20H26N2O3. The van der Waals surface area contributed by atoms with Gasteiger partial charge in [0.15, 0.2) is 0 Å². The molecule has 5 nitrogen and oxygen atoms in total. The Morgan fingerprint density at radius 2 is 2.20 bits per heavy atom. The molecule has 1 saturated heterocycles. The number of hydrogen-bond acceptors (Lipinski definition) is 3. The minimum atomic E-state index is -0.129. The van der Waals surface area contributed by atoms with Crippen LogP contribution in [0.3, 0.4) is 0 Å². The molecule has 1 aromatic carbocycles. The van der Waals surface area contributed by atoms with E-state index in [1.165, 1.54) is 0 Å². The van der Waals surface area contributed by atoms with Crippen molar-refractivity contribution in [2.45, 2.75) is 46.3 Å². The lowest BCUT2D eigenvalue weighted by molar-refractivity contribution is -0.136. The van der Waals surface area contributed by atoms with Gasteiger partial charge in [-0.05, 0) is 36.8 Å². The number of fused-ring (bicyclic) bond motifs is 1. The molecule has 5 heteroatoms. The van der Waals surface area contributed by atoms with Crippen LogP contribution in [-0.4, -0.2) is 35.0 Å². The molecule has 0 radical (unpaired) electrons. The number of para-hydroxylation sites is 1. The summed E-state index contributed by atoms with van der Waals surface area (Å²) in [5.41, 5.74) is 2.38. The van der Waals surface area contributed by atoms with Crippen LogP contribution in [0.5, 0.6) is 0 Å². The van der Waals surface area contributed by atoms with Crippen molar-refractivity contribution in [2.24, 2.45) is 5.92 Å². The van der Waals surface area contributed by atoms with E-state index in [1.807, 2.05) is 45.0 Å². The molecule has 1 aromatic heterocycles. The standard InChI is InChI=1S/C20H26N2O3/c1-13(2)20(24)22(12-17-8-5-9-25-17)11-16-10-15-7-4-6-14(3)18(15)21-19(16)23/h4,6-7,10,13,17H,5,8-9,11-12H2,1-3H3,(H,21,23)/t17-/m1/s1. The summed E-state index contributed by atoms with van der Waals surface area (Å²) in [6.45, 7) is 7.37. The van der Waals surface area contributed by atoms with Gasteiger partial charge in [0.1, 0.15) is 0 Å². The van der Waals surface area contributed by atoms with Crippen LogP contribution < -0.4 is 5.56 Å². The molecule has 0 unspecified atom stereocenters. The van der Waals surface area contributed by atoms with E-state index in [2.05, 4.69) is 4.98 Å². The molecule has 0 aliphatic carbocycles. The number of aryl methyl sites for hydroxylation is 1. The van der Waals surface area contributed by atoms with Crippen molar-refractivity contribution in [3.8, 4) is 0 Å². The van der Waals surface area contributed by atoms with Gasteiger partial charge in [-0.25, -0.2) is 0 Å². The van der Waals surface area contributed by atoms with Gasteiger partial charge in [0.25, 0.3) is 5.56 Å². The van der Waals surface area contributed by atoms with Gasteiger partial charge in [0.2, 0.25) is 5.91 Å². The molecule has 0 saturated carbocycles. The Labute approximate surface area is 148 Å². The minimum Gasteiger partial charge on any atom is -0.376 e. The van der Waals surface area contributed by atoms with Crippen LogP contribution in [0.2, 0.25) is 0 Å². The van der Waals surface area contributed by atoms with Crippen LogP contribution >= 0.6 is 0 Å². The van der Waals surface area contributed by atoms with Crippen LogP contribution in [-0.2, 0) is 16.1 Å². The first-order valence-corrected chi connectivity index (χ1v) is 8.97. The Morgan fingerprint density at radius 1 is 1.40 bits per heavy atom. The third kappa shape index (κ3) is 3.93. The normalized spacial score (nSPS) is 17.4. The SMILES string of the molecule is Cc1cccc2cc(CN(C[C@H]3CCCO3)C(=O)C(C)C)c(=O)[nH]c12. The smallest absolute Gasteiger partial charge is 0.253 e. The van der Waals surface area contributed by atoms with E-state index in [0.717, 1.165) is 35.9 Å². The van der Waals surface area contributed by atoms with Crippen molar-refractivity contribution < 1.29 is 9.53 Å². The number of pyridine rings is 1. The van der Waals surface area contributed by atoms with E-state index in [-0.39, 0.29) is 23.5 Å². The summed E-state index contributed by atoms with van der Waals surface area (Å²) in [6.07, 6.45) is 2.07. The lowest BCUT2D eigenvalue weighted by Crippen LogP contribution is -2.40. The zero-order valence-electron chi connectivity index (χ0n) is 15.2. The average Bonchev–Trinajstić information content (AvgIpc) is 3.08. The molecule has 0 spiro atoms. The van der Waals surface area contributed by atoms with Gasteiger partial charge in [-0.2, -0.15) is 0 Å². The third-order valence-corrected chi connectivity index (χ3v) is 4.78. The third-order valence-electron chi connectivity index (χ3n) is 4.78. The van der Waals surface area contributed by atoms with E-state index in [9.17, 15) is 9.59 Å². The summed E-state index contributed by atoms with van der Waals surface area (Å²) in [5.74, 6) is -0.0533. The first-order chi connectivity index (χ1) is 12.0. The van der Waals surface area contributed by atoms with E-state index in [4.69, 9.17) is 4.74 Å². The molecule has 3 rings (SSSR count). The Balaban J connectivity index is 1.90. The topological polar surface area (TPSA) is 62.4 Å². The van der Waals surface area contributed by atoms with Gasteiger partial charge in [-0.1, -0.05) is 32.0 Å². The summed E-state index contributed by atoms with van der Waals surface area (Å²) in [4.78, 5) is 29.9. The van der Waals surface area contributed by atoms with Crippen LogP contribution in [0.1, 0.15) is 37.8 Å². The zero-order valence-corrected chi connectivity index (χ0v) is 15.2. The molecule has 134 valence electrons. The quantitative estimate of drug-likeness (QED) is 0.908. The first-order valence-electron chi connectivity index (χ1n) is 8.97. The molecule has 1 aliphatic rings. The zero-order chi connectivity index (χ0) is 18.0. The van der Waals surface area contributed by atoms with E-state index in [0.29, 0.717) is 18.7 Å². The van der Waals surface area contributed by atoms with Crippen molar-refractivity contribution in [3.05, 3.63) is 45.7 Å². The van der Waals surface area contributed by atoms with Crippen LogP contribution in [0.4, 0.5) is 0 Å². The number of H-pyrrole nitrogens is 1. The number of benzene rings is 1. The molecule has 1 atom stereocenters. The van der Waals surface area contributed by atoms with Crippen molar-refractivity contribution in [1.29, 1.82) is 0 Å². The van der Waals surface area contributed by atoms with Crippen molar-refractivity contribution in [3.63, 3.8) is 0 Å². The second kappa shape index (κ2) is 7.40. The highest BCUT2D eigenvalue weighted by atomic mass is 16.5. The summed E-state index contributed by atoms with van der Waals surface area (Å²) in [7, 11) is 0. The molecule has 2 aromatic rings. The van der Waals surface area contributed by atoms with Gasteiger partial charge in [0, 0.05) is 24.6 Å². The number of carbonyl (C=O) groups excluding carboxylic acids is 1. The van der Waals surface area contributed by atoms with Gasteiger partial charge < -0.3 is 14.6 Å². The molecule has 1 aliphatic heterocycles. The monoisotopic (exact) mass is 342 g/mol. The van der Waals surface area contributed by atoms with Crippen LogP contribution in [0.15, 0.2) is 29.1 Å². The fraction of sp³-hybridized carbons (Fsp3) is 0.500. The summed E-state index contributed by atoms with van der Waals surface area (Å²) < 4.78 is 5.69. The summed E-state index contributed by atoms with van der Waals surface area (Å²) in [5, 5.41) is 0.990. The lowest BCUT2D eigenvalue weighted by atomic mass is 10.1. The molecule has 2 heterocycles. The maximum atomic E-state index is 12.6. The predicted octanol–water partition coefficient (Wildman–Crippen LogP) is 3.00. The molecule has 1 N–H and O–H groups in total. The Kier molecular flexibility index (Phi) is 5.23. The van der Waals surface area contributed by atoms with Crippen LogP contribution in [0.25, 0.3) is 10.9 Å². The number of aromatic amines is 1. The molecule has 1 amide bonds. The highest BCUT2D eigenvalue weighted by Gasteiger charge is 2.25. The fourth-order valence-electron chi connectivity index (χ4n) is 3.38. The first kappa shape index (κ1) is 17.7. The second-order valence-electron chi connectivity index (χ2n) is 7.17. The van der Waals surface area contributed by atoms with E-state index in [1.54, 1.807) is 4.90 Å². The largest absolute Gasteiger partial charge is 0.376 e. The Morgan fingerprint density at radius 3 is 2.88 bits per heavy atom. The number of carbonyl (C=O) groups is 1. The lowest BCUT2D eigenvalue weighted by Gasteiger charge is -2.27. The molecular weight excluding hydrogens is 316 g/mol. The maximum absolute atomic E-state index is 12.6. The van der Waals surface area contributed by atoms with Crippen LogP contribution in [0, 0.1) is 12.8 Å². The van der Waals surface area contributed by atoms with E-state index < -0.39 is 0 Å². The predicted molar refractivity (Wildman–Crippen MR) is 98.5 cm³/mol. The van der Waals surface area contributed by atoms with Gasteiger partial charge in [-0.15, -0.1) is 0 Å². The molecule has 25 heavy (non-hydrogen) atoms. The number of rotatable bonds is 5. The fourth-order valence-corrected chi connectivity index (χ4v) is 3.38. The summed E-state index contributed by atoms with van der Waals surface area (Å²) >= 11 is 0. The minimum absolute atomic E-state index is 0.0549. The highest BCUT2D eigenvalue weighted by Crippen LogP contribution is 2.19. The van der Waals surface area contributed by atoms with E-state index >= 15 is 0 Å². The van der Waals surface area contributed by atoms with Gasteiger partial charge in [-0.3, -0.25) is 9.59 Å². The van der Waals surface area contributed by atoms with Gasteiger partial charge in [0.05, 0.1) is 18.2 Å². The van der Waals surface area contributed by atoms with Crippen molar-refractivity contribution in [2.75, 3.05) is 13.2 Å². The molecule has 0 bridgehead atoms. The number of ether oxygens (including phenoxy) is 1. The van der Waals surface area contributed by atoms with Gasteiger partial charge >= 0.3 is 0 Å². The number of aromatic nitrogens is 1.